The van der Waals surface area contributed by atoms with Gasteiger partial charge in [-0.1, -0.05) is 0 Å². The van der Waals surface area contributed by atoms with Crippen LogP contribution in [0.5, 0.6) is 0 Å². The molecule has 0 aromatic heterocycles. The van der Waals surface area contributed by atoms with Gasteiger partial charge < -0.3 is 9.84 Å². The van der Waals surface area contributed by atoms with Crippen molar-refractivity contribution >= 4 is 22.0 Å². The smallest absolute Gasteiger partial charge is 0.322 e. The minimum atomic E-state index is -3.78. The Labute approximate surface area is 106 Å². The van der Waals surface area contributed by atoms with Crippen molar-refractivity contribution < 1.29 is 27.9 Å². The molecule has 0 aromatic rings. The van der Waals surface area contributed by atoms with E-state index in [0.717, 1.165) is 4.31 Å². The van der Waals surface area contributed by atoms with E-state index >= 15 is 0 Å². The highest BCUT2D eigenvalue weighted by molar-refractivity contribution is 7.89. The molecule has 0 heterocycles. The van der Waals surface area contributed by atoms with E-state index in [-0.39, 0.29) is 25.6 Å². The van der Waals surface area contributed by atoms with Crippen molar-refractivity contribution in [3.8, 4) is 0 Å². The predicted octanol–water partition coefficient (Wildman–Crippen LogP) is -0.182. The van der Waals surface area contributed by atoms with Crippen LogP contribution < -0.4 is 0 Å². The number of aliphatic carboxylic acids is 1. The summed E-state index contributed by atoms with van der Waals surface area (Å²) in [5.41, 5.74) is 0. The molecular formula is C10H17NO6S. The monoisotopic (exact) mass is 279 g/mol. The van der Waals surface area contributed by atoms with Crippen LogP contribution >= 0.6 is 0 Å². The highest BCUT2D eigenvalue weighted by atomic mass is 32.2. The van der Waals surface area contributed by atoms with Gasteiger partial charge in [-0.05, 0) is 19.8 Å². The predicted molar refractivity (Wildman–Crippen MR) is 62.4 cm³/mol. The maximum atomic E-state index is 11.9. The second-order valence-corrected chi connectivity index (χ2v) is 5.97. The van der Waals surface area contributed by atoms with Crippen molar-refractivity contribution in [1.29, 1.82) is 0 Å². The number of ether oxygens (including phenoxy) is 1. The van der Waals surface area contributed by atoms with Crippen molar-refractivity contribution in [2.24, 2.45) is 0 Å². The number of carboxylic acid groups (broad SMARTS) is 1. The third-order valence-electron chi connectivity index (χ3n) is 2.46. The van der Waals surface area contributed by atoms with E-state index < -0.39 is 27.7 Å². The van der Waals surface area contributed by atoms with Gasteiger partial charge in [0.15, 0.2) is 5.75 Å². The lowest BCUT2D eigenvalue weighted by Gasteiger charge is -2.20. The van der Waals surface area contributed by atoms with Crippen LogP contribution in [0.25, 0.3) is 0 Å². The zero-order valence-corrected chi connectivity index (χ0v) is 11.0. The third-order valence-corrected chi connectivity index (χ3v) is 4.26. The minimum absolute atomic E-state index is 0.0955. The summed E-state index contributed by atoms with van der Waals surface area (Å²) in [5, 5.41) is 8.58. The Balaban J connectivity index is 2.65. The number of nitrogens with zero attached hydrogens (tertiary/aromatic N) is 1. The highest BCUT2D eigenvalue weighted by Crippen LogP contribution is 2.29. The van der Waals surface area contributed by atoms with Crippen LogP contribution in [0.4, 0.5) is 0 Å². The van der Waals surface area contributed by atoms with Crippen molar-refractivity contribution in [2.45, 2.75) is 32.2 Å². The summed E-state index contributed by atoms with van der Waals surface area (Å²) in [6, 6.07) is -0.163. The number of carboxylic acids is 1. The molecule has 0 aromatic carbocycles. The Morgan fingerprint density at radius 3 is 2.44 bits per heavy atom. The van der Waals surface area contributed by atoms with Crippen LogP contribution in [0.15, 0.2) is 0 Å². The highest BCUT2D eigenvalue weighted by Gasteiger charge is 2.38. The Morgan fingerprint density at radius 2 is 2.00 bits per heavy atom. The van der Waals surface area contributed by atoms with Crippen molar-refractivity contribution in [3.63, 3.8) is 0 Å². The number of hydrogen-bond acceptors (Lipinski definition) is 5. The molecule has 0 radical (unpaired) electrons. The molecule has 8 heteroatoms. The quantitative estimate of drug-likeness (QED) is 0.618. The molecule has 0 amide bonds. The molecule has 0 aliphatic heterocycles. The number of carbonyl (C=O) groups is 2. The second kappa shape index (κ2) is 6.14. The van der Waals surface area contributed by atoms with Crippen LogP contribution in [0.1, 0.15) is 26.2 Å². The maximum absolute atomic E-state index is 11.9. The van der Waals surface area contributed by atoms with E-state index in [1.807, 2.05) is 0 Å². The number of hydrogen-bond donors (Lipinski definition) is 1. The van der Waals surface area contributed by atoms with Gasteiger partial charge in [-0.3, -0.25) is 9.59 Å². The average molecular weight is 279 g/mol. The van der Waals surface area contributed by atoms with Gasteiger partial charge in [-0.2, -0.15) is 4.31 Å². The molecular weight excluding hydrogens is 262 g/mol. The van der Waals surface area contributed by atoms with Crippen molar-refractivity contribution in [2.75, 3.05) is 18.9 Å². The lowest BCUT2D eigenvalue weighted by Crippen LogP contribution is -2.39. The van der Waals surface area contributed by atoms with Crippen molar-refractivity contribution in [3.05, 3.63) is 0 Å². The van der Waals surface area contributed by atoms with Gasteiger partial charge in [0.05, 0.1) is 13.0 Å². The molecule has 0 saturated heterocycles. The first-order valence-corrected chi connectivity index (χ1v) is 7.34. The molecule has 0 unspecified atom stereocenters. The average Bonchev–Trinajstić information content (AvgIpc) is 3.00. The first kappa shape index (κ1) is 14.9. The second-order valence-electron chi connectivity index (χ2n) is 4.05. The lowest BCUT2D eigenvalue weighted by molar-refractivity contribution is -0.140. The Hall–Kier alpha value is -1.15. The normalized spacial score (nSPS) is 15.7. The van der Waals surface area contributed by atoms with Crippen LogP contribution in [0, 0.1) is 0 Å². The summed E-state index contributed by atoms with van der Waals surface area (Å²) in [5.74, 6) is -2.60. The van der Waals surface area contributed by atoms with Gasteiger partial charge in [0.2, 0.25) is 10.0 Å². The molecule has 1 saturated carbocycles. The van der Waals surface area contributed by atoms with Crippen LogP contribution in [0.2, 0.25) is 0 Å². The zero-order valence-electron chi connectivity index (χ0n) is 10.2. The molecule has 104 valence electrons. The fraction of sp³-hybridized carbons (Fsp3) is 0.800. The molecule has 0 spiro atoms. The van der Waals surface area contributed by atoms with E-state index in [0.29, 0.717) is 12.8 Å². The summed E-state index contributed by atoms with van der Waals surface area (Å²) < 4.78 is 29.6. The Kier molecular flexibility index (Phi) is 5.09. The van der Waals surface area contributed by atoms with Gasteiger partial charge >= 0.3 is 11.9 Å². The van der Waals surface area contributed by atoms with Gasteiger partial charge in [-0.25, -0.2) is 8.42 Å². The first-order chi connectivity index (χ1) is 8.36. The van der Waals surface area contributed by atoms with Gasteiger partial charge in [0.25, 0.3) is 0 Å². The summed E-state index contributed by atoms with van der Waals surface area (Å²) in [7, 11) is -3.78. The molecule has 18 heavy (non-hydrogen) atoms. The standard InChI is InChI=1S/C10H17NO6S/c1-2-17-10(14)7-18(15,16)11(8-3-4-8)6-5-9(12)13/h8H,2-7H2,1H3,(H,12,13). The van der Waals surface area contributed by atoms with E-state index in [9.17, 15) is 18.0 Å². The number of rotatable bonds is 8. The minimum Gasteiger partial charge on any atom is -0.481 e. The SMILES string of the molecule is CCOC(=O)CS(=O)(=O)N(CCC(=O)O)C1CC1. The first-order valence-electron chi connectivity index (χ1n) is 5.73. The molecule has 1 rings (SSSR count). The van der Waals surface area contributed by atoms with Gasteiger partial charge in [0.1, 0.15) is 0 Å². The molecule has 7 nitrogen and oxygen atoms in total. The molecule has 0 bridgehead atoms. The Bertz CT molecular complexity index is 414. The molecule has 1 aliphatic carbocycles. The molecule has 1 fully saturated rings. The zero-order chi connectivity index (χ0) is 13.8. The summed E-state index contributed by atoms with van der Waals surface area (Å²) in [6.45, 7) is 1.61. The van der Waals surface area contributed by atoms with Gasteiger partial charge in [0, 0.05) is 12.6 Å². The van der Waals surface area contributed by atoms with E-state index in [2.05, 4.69) is 4.74 Å². The third kappa shape index (κ3) is 4.61. The molecule has 1 N–H and O–H groups in total. The maximum Gasteiger partial charge on any atom is 0.322 e. The molecule has 1 aliphatic rings. The van der Waals surface area contributed by atoms with E-state index in [1.54, 1.807) is 6.92 Å². The largest absolute Gasteiger partial charge is 0.481 e. The van der Waals surface area contributed by atoms with Gasteiger partial charge in [-0.15, -0.1) is 0 Å². The Morgan fingerprint density at radius 1 is 1.39 bits per heavy atom. The number of carbonyl (C=O) groups excluding carboxylic acids is 1. The van der Waals surface area contributed by atoms with Crippen molar-refractivity contribution in [1.82, 2.24) is 4.31 Å². The fourth-order valence-corrected chi connectivity index (χ4v) is 3.13. The number of sulfonamides is 1. The molecule has 0 atom stereocenters. The fourth-order valence-electron chi connectivity index (χ4n) is 1.55. The number of esters is 1. The topological polar surface area (TPSA) is 101 Å². The summed E-state index contributed by atoms with van der Waals surface area (Å²) >= 11 is 0. The van der Waals surface area contributed by atoms with Crippen LogP contribution in [-0.2, 0) is 24.3 Å². The summed E-state index contributed by atoms with van der Waals surface area (Å²) in [4.78, 5) is 21.7. The van der Waals surface area contributed by atoms with E-state index in [4.69, 9.17) is 5.11 Å². The lowest BCUT2D eigenvalue weighted by atomic mass is 10.4. The van der Waals surface area contributed by atoms with Crippen LogP contribution in [0.3, 0.4) is 0 Å². The van der Waals surface area contributed by atoms with E-state index in [1.165, 1.54) is 0 Å². The summed E-state index contributed by atoms with van der Waals surface area (Å²) in [6.07, 6.45) is 1.15. The van der Waals surface area contributed by atoms with Crippen LogP contribution in [-0.4, -0.2) is 54.7 Å².